The number of fused-ring (bicyclic) bond motifs is 2. The van der Waals surface area contributed by atoms with E-state index in [4.69, 9.17) is 14.2 Å². The van der Waals surface area contributed by atoms with Crippen molar-refractivity contribution in [3.05, 3.63) is 58.2 Å². The number of halogens is 1. The van der Waals surface area contributed by atoms with Crippen LogP contribution in [0, 0.1) is 0 Å². The normalized spacial score (nSPS) is 12.9. The number of para-hydroxylation sites is 1. The molecule has 0 spiro atoms. The number of ether oxygens (including phenoxy) is 3. The summed E-state index contributed by atoms with van der Waals surface area (Å²) in [5, 5.41) is 1.05. The molecule has 1 aliphatic heterocycles. The number of benzene rings is 2. The quantitative estimate of drug-likeness (QED) is 0.644. The third-order valence-electron chi connectivity index (χ3n) is 3.85. The van der Waals surface area contributed by atoms with E-state index >= 15 is 0 Å². The van der Waals surface area contributed by atoms with Crippen molar-refractivity contribution >= 4 is 39.0 Å². The standard InChI is InChI=1S/C19H14BrNO3/c1-22-16-4-2-3-12-5-7-14(21-19(12)16)8-6-13-9-17-18(10-15(13)20)24-11-23-17/h2-10H,11H2,1H3/b8-6+. The first-order chi connectivity index (χ1) is 11.7. The fraction of sp³-hybridized carbons (Fsp3) is 0.105. The van der Waals surface area contributed by atoms with Crippen LogP contribution in [0.5, 0.6) is 17.2 Å². The van der Waals surface area contributed by atoms with E-state index in [-0.39, 0.29) is 6.79 Å². The molecule has 0 N–H and O–H groups in total. The smallest absolute Gasteiger partial charge is 0.231 e. The Morgan fingerprint density at radius 1 is 1.08 bits per heavy atom. The van der Waals surface area contributed by atoms with E-state index in [0.717, 1.165) is 43.9 Å². The van der Waals surface area contributed by atoms with Crippen molar-refractivity contribution in [2.24, 2.45) is 0 Å². The maximum Gasteiger partial charge on any atom is 0.231 e. The number of aromatic nitrogens is 1. The third-order valence-corrected chi connectivity index (χ3v) is 4.54. The predicted octanol–water partition coefficient (Wildman–Crippen LogP) is 4.91. The van der Waals surface area contributed by atoms with Gasteiger partial charge in [-0.05, 0) is 35.9 Å². The van der Waals surface area contributed by atoms with Gasteiger partial charge in [0, 0.05) is 9.86 Å². The van der Waals surface area contributed by atoms with Crippen molar-refractivity contribution in [1.29, 1.82) is 0 Å². The van der Waals surface area contributed by atoms with E-state index in [0.29, 0.717) is 0 Å². The van der Waals surface area contributed by atoms with Gasteiger partial charge in [-0.3, -0.25) is 0 Å². The van der Waals surface area contributed by atoms with Gasteiger partial charge in [0.05, 0.1) is 12.8 Å². The van der Waals surface area contributed by atoms with Crippen LogP contribution < -0.4 is 14.2 Å². The number of pyridine rings is 1. The molecule has 0 radical (unpaired) electrons. The van der Waals surface area contributed by atoms with Crippen LogP contribution >= 0.6 is 15.9 Å². The highest BCUT2D eigenvalue weighted by molar-refractivity contribution is 9.10. The van der Waals surface area contributed by atoms with Crippen LogP contribution in [0.3, 0.4) is 0 Å². The summed E-state index contributed by atoms with van der Waals surface area (Å²) in [5.41, 5.74) is 2.71. The molecule has 1 aliphatic rings. The molecule has 1 aromatic heterocycles. The van der Waals surface area contributed by atoms with Crippen molar-refractivity contribution in [3.8, 4) is 17.2 Å². The SMILES string of the molecule is COc1cccc2ccc(/C=C/c3cc4c(cc3Br)OCO4)nc12. The highest BCUT2D eigenvalue weighted by atomic mass is 79.9. The first-order valence-corrected chi connectivity index (χ1v) is 8.25. The van der Waals surface area contributed by atoms with E-state index in [9.17, 15) is 0 Å². The second-order valence-corrected chi connectivity index (χ2v) is 6.18. The Labute approximate surface area is 147 Å². The van der Waals surface area contributed by atoms with Gasteiger partial charge in [-0.25, -0.2) is 4.98 Å². The second kappa shape index (κ2) is 6.17. The molecule has 4 rings (SSSR count). The predicted molar refractivity (Wildman–Crippen MR) is 97.5 cm³/mol. The van der Waals surface area contributed by atoms with Crippen LogP contribution in [0.2, 0.25) is 0 Å². The summed E-state index contributed by atoms with van der Waals surface area (Å²) in [4.78, 5) is 4.68. The van der Waals surface area contributed by atoms with Gasteiger partial charge in [0.2, 0.25) is 6.79 Å². The minimum absolute atomic E-state index is 0.265. The van der Waals surface area contributed by atoms with E-state index in [1.165, 1.54) is 0 Å². The zero-order valence-corrected chi connectivity index (χ0v) is 14.5. The molecule has 120 valence electrons. The molecule has 0 fully saturated rings. The zero-order chi connectivity index (χ0) is 16.5. The van der Waals surface area contributed by atoms with E-state index in [1.54, 1.807) is 7.11 Å². The second-order valence-electron chi connectivity index (χ2n) is 5.33. The summed E-state index contributed by atoms with van der Waals surface area (Å²) in [6.07, 6.45) is 3.96. The van der Waals surface area contributed by atoms with Gasteiger partial charge in [0.15, 0.2) is 11.5 Å². The number of rotatable bonds is 3. The van der Waals surface area contributed by atoms with Crippen LogP contribution in [0.1, 0.15) is 11.3 Å². The van der Waals surface area contributed by atoms with Crippen LogP contribution in [0.25, 0.3) is 23.1 Å². The summed E-state index contributed by atoms with van der Waals surface area (Å²) in [7, 11) is 1.66. The van der Waals surface area contributed by atoms with Crippen molar-refractivity contribution < 1.29 is 14.2 Å². The molecule has 0 aliphatic carbocycles. The van der Waals surface area contributed by atoms with Gasteiger partial charge >= 0.3 is 0 Å². The lowest BCUT2D eigenvalue weighted by Crippen LogP contribution is -1.92. The molecule has 24 heavy (non-hydrogen) atoms. The van der Waals surface area contributed by atoms with Gasteiger partial charge in [-0.2, -0.15) is 0 Å². The van der Waals surface area contributed by atoms with Crippen molar-refractivity contribution in [1.82, 2.24) is 4.98 Å². The molecule has 0 amide bonds. The van der Waals surface area contributed by atoms with E-state index in [1.807, 2.05) is 54.6 Å². The Morgan fingerprint density at radius 2 is 1.92 bits per heavy atom. The molecule has 3 aromatic rings. The number of hydrogen-bond acceptors (Lipinski definition) is 4. The Balaban J connectivity index is 1.70. The highest BCUT2D eigenvalue weighted by Gasteiger charge is 2.15. The molecule has 5 heteroatoms. The average Bonchev–Trinajstić information content (AvgIpc) is 3.06. The molecular formula is C19H14BrNO3. The lowest BCUT2D eigenvalue weighted by atomic mass is 10.1. The number of nitrogens with zero attached hydrogens (tertiary/aromatic N) is 1. The zero-order valence-electron chi connectivity index (χ0n) is 13.0. The summed E-state index contributed by atoms with van der Waals surface area (Å²) in [5.74, 6) is 2.28. The molecule has 2 aromatic carbocycles. The van der Waals surface area contributed by atoms with Crippen LogP contribution in [-0.2, 0) is 0 Å². The van der Waals surface area contributed by atoms with Gasteiger partial charge in [0.1, 0.15) is 11.3 Å². The summed E-state index contributed by atoms with van der Waals surface area (Å²) < 4.78 is 17.1. The molecule has 0 saturated carbocycles. The molecule has 2 heterocycles. The fourth-order valence-corrected chi connectivity index (χ4v) is 3.08. The van der Waals surface area contributed by atoms with Crippen LogP contribution in [0.15, 0.2) is 46.9 Å². The molecule has 4 nitrogen and oxygen atoms in total. The molecular weight excluding hydrogens is 370 g/mol. The van der Waals surface area contributed by atoms with Gasteiger partial charge in [-0.1, -0.05) is 40.2 Å². The lowest BCUT2D eigenvalue weighted by molar-refractivity contribution is 0.174. The Morgan fingerprint density at radius 3 is 2.75 bits per heavy atom. The van der Waals surface area contributed by atoms with Crippen LogP contribution in [-0.4, -0.2) is 18.9 Å². The summed E-state index contributed by atoms with van der Waals surface area (Å²) >= 11 is 3.56. The molecule has 0 atom stereocenters. The molecule has 0 saturated heterocycles. The largest absolute Gasteiger partial charge is 0.494 e. The van der Waals surface area contributed by atoms with E-state index in [2.05, 4.69) is 20.9 Å². The van der Waals surface area contributed by atoms with E-state index < -0.39 is 0 Å². The number of methoxy groups -OCH3 is 1. The minimum atomic E-state index is 0.265. The van der Waals surface area contributed by atoms with Crippen molar-refractivity contribution in [3.63, 3.8) is 0 Å². The summed E-state index contributed by atoms with van der Waals surface area (Å²) in [6.45, 7) is 0.265. The number of hydrogen-bond donors (Lipinski definition) is 0. The Hall–Kier alpha value is -2.53. The topological polar surface area (TPSA) is 40.6 Å². The lowest BCUT2D eigenvalue weighted by Gasteiger charge is -2.05. The third kappa shape index (κ3) is 2.71. The monoisotopic (exact) mass is 383 g/mol. The fourth-order valence-electron chi connectivity index (χ4n) is 2.63. The minimum Gasteiger partial charge on any atom is -0.494 e. The van der Waals surface area contributed by atoms with Crippen molar-refractivity contribution in [2.75, 3.05) is 13.9 Å². The average molecular weight is 384 g/mol. The van der Waals surface area contributed by atoms with Crippen molar-refractivity contribution in [2.45, 2.75) is 0 Å². The molecule has 0 unspecified atom stereocenters. The molecule has 0 bridgehead atoms. The van der Waals surface area contributed by atoms with Gasteiger partial charge < -0.3 is 14.2 Å². The summed E-state index contributed by atoms with van der Waals surface area (Å²) in [6, 6.07) is 13.8. The van der Waals surface area contributed by atoms with Gasteiger partial charge in [-0.15, -0.1) is 0 Å². The van der Waals surface area contributed by atoms with Crippen LogP contribution in [0.4, 0.5) is 0 Å². The Kier molecular flexibility index (Phi) is 3.86. The van der Waals surface area contributed by atoms with Gasteiger partial charge in [0.25, 0.3) is 0 Å². The Bertz CT molecular complexity index is 953. The first kappa shape index (κ1) is 15.0. The maximum atomic E-state index is 5.42. The highest BCUT2D eigenvalue weighted by Crippen LogP contribution is 2.37. The first-order valence-electron chi connectivity index (χ1n) is 7.45. The maximum absolute atomic E-state index is 5.42.